The van der Waals surface area contributed by atoms with E-state index in [0.29, 0.717) is 12.2 Å². The van der Waals surface area contributed by atoms with E-state index < -0.39 is 0 Å². The minimum absolute atomic E-state index is 0.0402. The quantitative estimate of drug-likeness (QED) is 0.558. The standard InChI is InChI=1S/C14H18N4O/c1-19-12-6-2-4-10(8-12)13(18-16)9-11-5-3-7-17-14(11)15/h2-8,13,18H,9,16H2,1H3,(H2,15,17). The molecule has 1 aromatic carbocycles. The van der Waals surface area contributed by atoms with Gasteiger partial charge in [0.05, 0.1) is 13.2 Å². The topological polar surface area (TPSA) is 86.2 Å². The lowest BCUT2D eigenvalue weighted by Gasteiger charge is -2.17. The molecule has 1 unspecified atom stereocenters. The van der Waals surface area contributed by atoms with Crippen molar-refractivity contribution in [2.75, 3.05) is 12.8 Å². The molecule has 2 aromatic rings. The summed E-state index contributed by atoms with van der Waals surface area (Å²) in [7, 11) is 1.64. The predicted octanol–water partition coefficient (Wildman–Crippen LogP) is 1.42. The lowest BCUT2D eigenvalue weighted by molar-refractivity contribution is 0.413. The summed E-state index contributed by atoms with van der Waals surface area (Å²) in [6.07, 6.45) is 2.35. The summed E-state index contributed by atoms with van der Waals surface area (Å²) < 4.78 is 5.22. The van der Waals surface area contributed by atoms with E-state index in [0.717, 1.165) is 16.9 Å². The first-order chi connectivity index (χ1) is 9.24. The van der Waals surface area contributed by atoms with Gasteiger partial charge in [0.15, 0.2) is 0 Å². The van der Waals surface area contributed by atoms with E-state index in [1.807, 2.05) is 36.4 Å². The van der Waals surface area contributed by atoms with Crippen LogP contribution >= 0.6 is 0 Å². The maximum Gasteiger partial charge on any atom is 0.126 e. The van der Waals surface area contributed by atoms with Crippen molar-refractivity contribution >= 4 is 5.82 Å². The number of hydrogen-bond acceptors (Lipinski definition) is 5. The Labute approximate surface area is 112 Å². The number of nitrogens with one attached hydrogen (secondary N) is 1. The summed E-state index contributed by atoms with van der Waals surface area (Å²) in [6, 6.07) is 11.6. The molecular formula is C14H18N4O. The molecule has 1 aromatic heterocycles. The number of nitrogens with zero attached hydrogens (tertiary/aromatic N) is 1. The zero-order valence-electron chi connectivity index (χ0n) is 10.8. The van der Waals surface area contributed by atoms with Crippen LogP contribution in [-0.4, -0.2) is 12.1 Å². The van der Waals surface area contributed by atoms with E-state index in [-0.39, 0.29) is 6.04 Å². The van der Waals surface area contributed by atoms with E-state index in [1.165, 1.54) is 0 Å². The molecule has 0 amide bonds. The van der Waals surface area contributed by atoms with Crippen LogP contribution in [0, 0.1) is 0 Å². The van der Waals surface area contributed by atoms with E-state index >= 15 is 0 Å². The summed E-state index contributed by atoms with van der Waals surface area (Å²) in [6.45, 7) is 0. The van der Waals surface area contributed by atoms with Crippen molar-refractivity contribution in [1.29, 1.82) is 0 Å². The minimum atomic E-state index is -0.0402. The van der Waals surface area contributed by atoms with Gasteiger partial charge in [-0.05, 0) is 35.7 Å². The molecular weight excluding hydrogens is 240 g/mol. The summed E-state index contributed by atoms with van der Waals surface area (Å²) in [4.78, 5) is 4.08. The van der Waals surface area contributed by atoms with Gasteiger partial charge in [-0.15, -0.1) is 0 Å². The Balaban J connectivity index is 2.22. The number of anilines is 1. The molecule has 0 aliphatic carbocycles. The normalized spacial score (nSPS) is 12.1. The van der Waals surface area contributed by atoms with Gasteiger partial charge in [0.2, 0.25) is 0 Å². The number of methoxy groups -OCH3 is 1. The Bertz CT molecular complexity index is 544. The monoisotopic (exact) mass is 258 g/mol. The van der Waals surface area contributed by atoms with Gasteiger partial charge in [-0.1, -0.05) is 18.2 Å². The second-order valence-electron chi connectivity index (χ2n) is 4.25. The van der Waals surface area contributed by atoms with E-state index in [2.05, 4.69) is 10.4 Å². The van der Waals surface area contributed by atoms with Crippen molar-refractivity contribution in [2.24, 2.45) is 5.84 Å². The molecule has 0 saturated heterocycles. The highest BCUT2D eigenvalue weighted by Gasteiger charge is 2.13. The molecule has 0 aliphatic rings. The van der Waals surface area contributed by atoms with Crippen molar-refractivity contribution in [3.05, 3.63) is 53.7 Å². The number of ether oxygens (including phenoxy) is 1. The van der Waals surface area contributed by atoms with Crippen molar-refractivity contribution in [3.8, 4) is 5.75 Å². The van der Waals surface area contributed by atoms with Gasteiger partial charge < -0.3 is 10.5 Å². The Kier molecular flexibility index (Phi) is 4.33. The highest BCUT2D eigenvalue weighted by molar-refractivity contribution is 5.40. The van der Waals surface area contributed by atoms with Crippen molar-refractivity contribution in [3.63, 3.8) is 0 Å². The molecule has 5 nitrogen and oxygen atoms in total. The molecule has 0 aliphatic heterocycles. The van der Waals surface area contributed by atoms with Crippen LogP contribution in [0.2, 0.25) is 0 Å². The number of pyridine rings is 1. The molecule has 5 heteroatoms. The molecule has 1 heterocycles. The highest BCUT2D eigenvalue weighted by Crippen LogP contribution is 2.23. The number of nitrogen functional groups attached to an aromatic ring is 1. The first-order valence-corrected chi connectivity index (χ1v) is 6.04. The number of hydrazine groups is 1. The van der Waals surface area contributed by atoms with Crippen LogP contribution in [0.4, 0.5) is 5.82 Å². The Morgan fingerprint density at radius 3 is 2.84 bits per heavy atom. The molecule has 0 saturated carbocycles. The summed E-state index contributed by atoms with van der Waals surface area (Å²) in [5.74, 6) is 6.98. The first kappa shape index (κ1) is 13.3. The van der Waals surface area contributed by atoms with Crippen LogP contribution in [0.1, 0.15) is 17.2 Å². The van der Waals surface area contributed by atoms with Gasteiger partial charge in [-0.3, -0.25) is 11.3 Å². The third-order valence-electron chi connectivity index (χ3n) is 3.05. The van der Waals surface area contributed by atoms with Gasteiger partial charge in [0.25, 0.3) is 0 Å². The maximum atomic E-state index is 5.85. The van der Waals surface area contributed by atoms with Crippen LogP contribution in [0.15, 0.2) is 42.6 Å². The van der Waals surface area contributed by atoms with Crippen molar-refractivity contribution in [1.82, 2.24) is 10.4 Å². The number of hydrogen-bond donors (Lipinski definition) is 3. The van der Waals surface area contributed by atoms with Crippen LogP contribution < -0.4 is 21.7 Å². The smallest absolute Gasteiger partial charge is 0.126 e. The Morgan fingerprint density at radius 2 is 2.16 bits per heavy atom. The van der Waals surface area contributed by atoms with E-state index in [4.69, 9.17) is 16.3 Å². The highest BCUT2D eigenvalue weighted by atomic mass is 16.5. The average Bonchev–Trinajstić information content (AvgIpc) is 2.46. The molecule has 100 valence electrons. The molecule has 2 rings (SSSR count). The van der Waals surface area contributed by atoms with Crippen LogP contribution in [0.25, 0.3) is 0 Å². The number of rotatable bonds is 5. The first-order valence-electron chi connectivity index (χ1n) is 6.04. The second kappa shape index (κ2) is 6.17. The molecule has 5 N–H and O–H groups in total. The summed E-state index contributed by atoms with van der Waals surface area (Å²) in [5.41, 5.74) is 10.7. The zero-order valence-corrected chi connectivity index (χ0v) is 10.8. The number of aromatic nitrogens is 1. The molecule has 0 bridgehead atoms. The van der Waals surface area contributed by atoms with Crippen molar-refractivity contribution in [2.45, 2.75) is 12.5 Å². The third kappa shape index (κ3) is 3.21. The van der Waals surface area contributed by atoms with E-state index in [1.54, 1.807) is 13.3 Å². The van der Waals surface area contributed by atoms with Gasteiger partial charge in [-0.25, -0.2) is 4.98 Å². The molecule has 0 radical (unpaired) electrons. The van der Waals surface area contributed by atoms with Crippen molar-refractivity contribution < 1.29 is 4.74 Å². The predicted molar refractivity (Wildman–Crippen MR) is 75.4 cm³/mol. The summed E-state index contributed by atoms with van der Waals surface area (Å²) >= 11 is 0. The lowest BCUT2D eigenvalue weighted by atomic mass is 9.99. The average molecular weight is 258 g/mol. The molecule has 0 spiro atoms. The Hall–Kier alpha value is -2.11. The molecule has 19 heavy (non-hydrogen) atoms. The minimum Gasteiger partial charge on any atom is -0.497 e. The van der Waals surface area contributed by atoms with Crippen LogP contribution in [-0.2, 0) is 6.42 Å². The fraction of sp³-hybridized carbons (Fsp3) is 0.214. The third-order valence-corrected chi connectivity index (χ3v) is 3.05. The van der Waals surface area contributed by atoms with Crippen LogP contribution in [0.3, 0.4) is 0 Å². The van der Waals surface area contributed by atoms with E-state index in [9.17, 15) is 0 Å². The number of nitrogens with two attached hydrogens (primary N) is 2. The van der Waals surface area contributed by atoms with Gasteiger partial charge in [0, 0.05) is 6.20 Å². The fourth-order valence-corrected chi connectivity index (χ4v) is 1.97. The zero-order chi connectivity index (χ0) is 13.7. The second-order valence-corrected chi connectivity index (χ2v) is 4.25. The fourth-order valence-electron chi connectivity index (χ4n) is 1.97. The number of benzene rings is 1. The van der Waals surface area contributed by atoms with Gasteiger partial charge in [-0.2, -0.15) is 0 Å². The Morgan fingerprint density at radius 1 is 1.32 bits per heavy atom. The van der Waals surface area contributed by atoms with Crippen LogP contribution in [0.5, 0.6) is 5.75 Å². The molecule has 0 fully saturated rings. The lowest BCUT2D eigenvalue weighted by Crippen LogP contribution is -2.29. The summed E-state index contributed by atoms with van der Waals surface area (Å²) in [5, 5.41) is 0. The maximum absolute atomic E-state index is 5.85. The van der Waals surface area contributed by atoms with Gasteiger partial charge >= 0.3 is 0 Å². The largest absolute Gasteiger partial charge is 0.497 e. The molecule has 1 atom stereocenters. The van der Waals surface area contributed by atoms with Gasteiger partial charge in [0.1, 0.15) is 11.6 Å². The SMILES string of the molecule is COc1cccc(C(Cc2cccnc2N)NN)c1.